The van der Waals surface area contributed by atoms with Crippen molar-refractivity contribution in [2.24, 2.45) is 0 Å². The third-order valence-corrected chi connectivity index (χ3v) is 3.12. The van der Waals surface area contributed by atoms with E-state index in [-0.39, 0.29) is 0 Å². The van der Waals surface area contributed by atoms with E-state index in [9.17, 15) is 9.59 Å². The fourth-order valence-corrected chi connectivity index (χ4v) is 2.27. The summed E-state index contributed by atoms with van der Waals surface area (Å²) in [6.07, 6.45) is 3.30. The van der Waals surface area contributed by atoms with Crippen LogP contribution in [0.2, 0.25) is 0 Å². The Labute approximate surface area is 113 Å². The third kappa shape index (κ3) is 1.87. The maximum atomic E-state index is 11.1. The molecule has 0 radical (unpaired) electrons. The number of aldehydes is 1. The molecule has 3 rings (SSSR count). The Bertz CT molecular complexity index is 855. The highest BCUT2D eigenvalue weighted by molar-refractivity contribution is 6.13. The van der Waals surface area contributed by atoms with E-state index in [0.29, 0.717) is 22.3 Å². The lowest BCUT2D eigenvalue weighted by molar-refractivity contribution is -0.131. The molecule has 1 N–H and O–H groups in total. The summed E-state index contributed by atoms with van der Waals surface area (Å²) >= 11 is 0. The molecular weight excluding hydrogens is 256 g/mol. The number of fused-ring (bicyclic) bond motifs is 3. The molecular formula is C16H10O4. The summed E-state index contributed by atoms with van der Waals surface area (Å²) in [6.45, 7) is 0. The zero-order valence-electron chi connectivity index (χ0n) is 10.4. The van der Waals surface area contributed by atoms with Gasteiger partial charge < -0.3 is 9.52 Å². The van der Waals surface area contributed by atoms with Gasteiger partial charge in [0.15, 0.2) is 6.29 Å². The second kappa shape index (κ2) is 4.66. The molecule has 0 aliphatic carbocycles. The molecule has 1 aromatic heterocycles. The summed E-state index contributed by atoms with van der Waals surface area (Å²) in [5.41, 5.74) is 2.30. The zero-order valence-corrected chi connectivity index (χ0v) is 10.4. The van der Waals surface area contributed by atoms with Gasteiger partial charge in [-0.25, -0.2) is 4.79 Å². The first-order valence-corrected chi connectivity index (χ1v) is 6.01. The molecule has 20 heavy (non-hydrogen) atoms. The van der Waals surface area contributed by atoms with Gasteiger partial charge in [-0.2, -0.15) is 0 Å². The number of carboxylic acids is 1. The van der Waals surface area contributed by atoms with Crippen molar-refractivity contribution in [2.45, 2.75) is 0 Å². The van der Waals surface area contributed by atoms with Crippen LogP contribution in [0.5, 0.6) is 0 Å². The fraction of sp³-hybridized carbons (Fsp3) is 0. The molecule has 0 saturated heterocycles. The number of carboxylic acid groups (broad SMARTS) is 1. The van der Waals surface area contributed by atoms with Crippen LogP contribution in [-0.2, 0) is 4.79 Å². The molecule has 0 atom stereocenters. The number of rotatable bonds is 3. The predicted molar refractivity (Wildman–Crippen MR) is 75.8 cm³/mol. The summed E-state index contributed by atoms with van der Waals surface area (Å²) in [7, 11) is 0. The fourth-order valence-electron chi connectivity index (χ4n) is 2.27. The Kier molecular flexibility index (Phi) is 2.84. The van der Waals surface area contributed by atoms with Crippen molar-refractivity contribution >= 4 is 40.3 Å². The van der Waals surface area contributed by atoms with E-state index < -0.39 is 5.97 Å². The van der Waals surface area contributed by atoms with Gasteiger partial charge in [-0.05, 0) is 23.8 Å². The van der Waals surface area contributed by atoms with Crippen LogP contribution in [0.25, 0.3) is 28.0 Å². The summed E-state index contributed by atoms with van der Waals surface area (Å²) in [4.78, 5) is 21.8. The molecule has 98 valence electrons. The second-order valence-corrected chi connectivity index (χ2v) is 4.34. The molecule has 3 aromatic rings. The van der Waals surface area contributed by atoms with E-state index in [1.165, 1.54) is 6.08 Å². The van der Waals surface area contributed by atoms with Gasteiger partial charge in [0.2, 0.25) is 0 Å². The average molecular weight is 266 g/mol. The van der Waals surface area contributed by atoms with Crippen molar-refractivity contribution in [1.29, 1.82) is 0 Å². The molecule has 0 spiro atoms. The van der Waals surface area contributed by atoms with Crippen LogP contribution in [-0.4, -0.2) is 17.4 Å². The average Bonchev–Trinajstić information content (AvgIpc) is 2.84. The van der Waals surface area contributed by atoms with E-state index in [1.807, 2.05) is 24.3 Å². The Hall–Kier alpha value is -2.88. The minimum atomic E-state index is -1.02. The minimum Gasteiger partial charge on any atom is -0.478 e. The van der Waals surface area contributed by atoms with Gasteiger partial charge >= 0.3 is 5.97 Å². The Morgan fingerprint density at radius 2 is 1.85 bits per heavy atom. The maximum Gasteiger partial charge on any atom is 0.328 e. The molecule has 0 saturated carbocycles. The summed E-state index contributed by atoms with van der Waals surface area (Å²) in [6, 6.07) is 10.8. The highest BCUT2D eigenvalue weighted by Crippen LogP contribution is 2.33. The van der Waals surface area contributed by atoms with Gasteiger partial charge in [0.25, 0.3) is 0 Å². The summed E-state index contributed by atoms with van der Waals surface area (Å²) < 4.78 is 5.71. The molecule has 0 aliphatic heterocycles. The minimum absolute atomic E-state index is 0.448. The molecule has 0 amide bonds. The third-order valence-electron chi connectivity index (χ3n) is 3.12. The van der Waals surface area contributed by atoms with Crippen LogP contribution in [0.3, 0.4) is 0 Å². The van der Waals surface area contributed by atoms with Gasteiger partial charge in [0.05, 0.1) is 5.56 Å². The number of aliphatic carboxylic acids is 1. The molecule has 2 aromatic carbocycles. The van der Waals surface area contributed by atoms with Gasteiger partial charge in [0.1, 0.15) is 11.2 Å². The standard InChI is InChI=1S/C16H10O4/c17-9-11-6-5-10(7-8-14(18)19)15-12-3-1-2-4-13(12)20-16(11)15/h1-9H,(H,18,19)/b8-7+. The lowest BCUT2D eigenvalue weighted by atomic mass is 10.0. The molecule has 0 fully saturated rings. The van der Waals surface area contributed by atoms with Crippen LogP contribution < -0.4 is 0 Å². The molecule has 1 heterocycles. The Balaban J connectivity index is 2.41. The number of carbonyl (C=O) groups excluding carboxylic acids is 1. The number of hydrogen-bond donors (Lipinski definition) is 1. The van der Waals surface area contributed by atoms with Crippen LogP contribution in [0, 0.1) is 0 Å². The second-order valence-electron chi connectivity index (χ2n) is 4.34. The maximum absolute atomic E-state index is 11.1. The molecule has 0 bridgehead atoms. The van der Waals surface area contributed by atoms with E-state index in [1.54, 1.807) is 12.1 Å². The van der Waals surface area contributed by atoms with Gasteiger partial charge in [0, 0.05) is 16.8 Å². The number of carbonyl (C=O) groups is 2. The van der Waals surface area contributed by atoms with Gasteiger partial charge in [-0.15, -0.1) is 0 Å². The number of hydrogen-bond acceptors (Lipinski definition) is 3. The molecule has 4 nitrogen and oxygen atoms in total. The normalized spacial score (nSPS) is 11.4. The largest absolute Gasteiger partial charge is 0.478 e. The lowest BCUT2D eigenvalue weighted by Crippen LogP contribution is -1.87. The zero-order chi connectivity index (χ0) is 14.1. The molecule has 0 aliphatic rings. The van der Waals surface area contributed by atoms with E-state index in [2.05, 4.69) is 0 Å². The van der Waals surface area contributed by atoms with Crippen LogP contribution in [0.15, 0.2) is 46.9 Å². The summed E-state index contributed by atoms with van der Waals surface area (Å²) in [5, 5.41) is 10.4. The molecule has 0 unspecified atom stereocenters. The molecule has 4 heteroatoms. The summed E-state index contributed by atoms with van der Waals surface area (Å²) in [5.74, 6) is -1.02. The predicted octanol–water partition coefficient (Wildman–Crippen LogP) is 3.50. The van der Waals surface area contributed by atoms with E-state index in [0.717, 1.165) is 23.1 Å². The number of benzene rings is 2. The first-order valence-electron chi connectivity index (χ1n) is 6.01. The van der Waals surface area contributed by atoms with Crippen molar-refractivity contribution in [1.82, 2.24) is 0 Å². The van der Waals surface area contributed by atoms with Crippen LogP contribution in [0.4, 0.5) is 0 Å². The van der Waals surface area contributed by atoms with Gasteiger partial charge in [-0.3, -0.25) is 4.79 Å². The number of furan rings is 1. The van der Waals surface area contributed by atoms with Crippen LogP contribution >= 0.6 is 0 Å². The first-order chi connectivity index (χ1) is 9.70. The van der Waals surface area contributed by atoms with Crippen molar-refractivity contribution in [3.05, 3.63) is 53.6 Å². The Morgan fingerprint density at radius 3 is 2.60 bits per heavy atom. The van der Waals surface area contributed by atoms with Gasteiger partial charge in [-0.1, -0.05) is 24.3 Å². The van der Waals surface area contributed by atoms with Crippen molar-refractivity contribution < 1.29 is 19.1 Å². The highest BCUT2D eigenvalue weighted by atomic mass is 16.4. The lowest BCUT2D eigenvalue weighted by Gasteiger charge is -1.99. The smallest absolute Gasteiger partial charge is 0.328 e. The SMILES string of the molecule is O=Cc1ccc(/C=C/C(=O)O)c2c1oc1ccccc12. The van der Waals surface area contributed by atoms with Crippen molar-refractivity contribution in [3.63, 3.8) is 0 Å². The van der Waals surface area contributed by atoms with Crippen molar-refractivity contribution in [3.8, 4) is 0 Å². The highest BCUT2D eigenvalue weighted by Gasteiger charge is 2.13. The first kappa shape index (κ1) is 12.2. The monoisotopic (exact) mass is 266 g/mol. The van der Waals surface area contributed by atoms with E-state index >= 15 is 0 Å². The van der Waals surface area contributed by atoms with Crippen molar-refractivity contribution in [2.75, 3.05) is 0 Å². The van der Waals surface area contributed by atoms with Crippen LogP contribution in [0.1, 0.15) is 15.9 Å². The van der Waals surface area contributed by atoms with E-state index in [4.69, 9.17) is 9.52 Å². The Morgan fingerprint density at radius 1 is 1.10 bits per heavy atom. The number of para-hydroxylation sites is 1. The quantitative estimate of drug-likeness (QED) is 0.582. The topological polar surface area (TPSA) is 67.5 Å².